The van der Waals surface area contributed by atoms with E-state index in [9.17, 15) is 4.39 Å². The molecular weight excluding hydrogens is 456 g/mol. The maximum atomic E-state index is 13.2. The molecule has 5 nitrogen and oxygen atoms in total. The van der Waals surface area contributed by atoms with E-state index in [1.165, 1.54) is 11.6 Å². The Morgan fingerprint density at radius 3 is 2.56 bits per heavy atom. The normalized spacial score (nSPS) is 17.3. The highest BCUT2D eigenvalue weighted by molar-refractivity contribution is 14.0. The van der Waals surface area contributed by atoms with E-state index < -0.39 is 0 Å². The summed E-state index contributed by atoms with van der Waals surface area (Å²) in [6.07, 6.45) is 0.852. The molecule has 1 saturated heterocycles. The van der Waals surface area contributed by atoms with Gasteiger partial charge in [-0.2, -0.15) is 0 Å². The Kier molecular flexibility index (Phi) is 11.2. The monoisotopic (exact) mass is 491 g/mol. The van der Waals surface area contributed by atoms with Crippen molar-refractivity contribution in [2.45, 2.75) is 33.2 Å². The van der Waals surface area contributed by atoms with Gasteiger partial charge >= 0.3 is 0 Å². The molecule has 1 atom stereocenters. The number of hydrogen-bond donors (Lipinski definition) is 2. The van der Waals surface area contributed by atoms with Crippen LogP contribution in [0.25, 0.3) is 0 Å². The second-order valence-corrected chi connectivity index (χ2v) is 7.16. The molecule has 2 N–H and O–H groups in total. The van der Waals surface area contributed by atoms with Gasteiger partial charge in [-0.3, -0.25) is 9.89 Å². The molecule has 7 heteroatoms. The molecule has 0 bridgehead atoms. The summed E-state index contributed by atoms with van der Waals surface area (Å²) in [5.41, 5.74) is 2.16. The van der Waals surface area contributed by atoms with E-state index >= 15 is 0 Å². The second kappa shape index (κ2) is 12.5. The summed E-state index contributed by atoms with van der Waals surface area (Å²) >= 11 is 0. The highest BCUT2D eigenvalue weighted by Gasteiger charge is 2.18. The second-order valence-electron chi connectivity index (χ2n) is 7.16. The fraction of sp³-hybridized carbons (Fsp3) is 0.650. The van der Waals surface area contributed by atoms with Gasteiger partial charge in [-0.05, 0) is 57.5 Å². The lowest BCUT2D eigenvalue weighted by atomic mass is 10.1. The molecule has 0 aromatic heterocycles. The van der Waals surface area contributed by atoms with Crippen LogP contribution in [0.1, 0.15) is 25.0 Å². The minimum absolute atomic E-state index is 0. The van der Waals surface area contributed by atoms with Crippen molar-refractivity contribution in [3.63, 3.8) is 0 Å². The van der Waals surface area contributed by atoms with Gasteiger partial charge in [-0.15, -0.1) is 24.0 Å². The first kappa shape index (κ1) is 24.1. The van der Waals surface area contributed by atoms with Gasteiger partial charge in [0.1, 0.15) is 5.82 Å². The minimum atomic E-state index is -0.174. The van der Waals surface area contributed by atoms with Gasteiger partial charge in [-0.25, -0.2) is 4.39 Å². The lowest BCUT2D eigenvalue weighted by Gasteiger charge is -2.35. The van der Waals surface area contributed by atoms with Crippen LogP contribution < -0.4 is 10.6 Å². The number of halogens is 2. The van der Waals surface area contributed by atoms with Crippen molar-refractivity contribution < 1.29 is 4.39 Å². The summed E-state index contributed by atoms with van der Waals surface area (Å²) in [4.78, 5) is 9.63. The Bertz CT molecular complexity index is 588. The van der Waals surface area contributed by atoms with E-state index in [2.05, 4.69) is 41.3 Å². The van der Waals surface area contributed by atoms with Gasteiger partial charge in [0.15, 0.2) is 5.96 Å². The summed E-state index contributed by atoms with van der Waals surface area (Å²) in [7, 11) is 2.18. The predicted octanol–water partition coefficient (Wildman–Crippen LogP) is 2.49. The number of aryl methyl sites for hydroxylation is 1. The smallest absolute Gasteiger partial charge is 0.191 e. The molecule has 154 valence electrons. The van der Waals surface area contributed by atoms with E-state index in [1.807, 2.05) is 13.0 Å². The average molecular weight is 491 g/mol. The van der Waals surface area contributed by atoms with Crippen LogP contribution >= 0.6 is 24.0 Å². The van der Waals surface area contributed by atoms with Gasteiger partial charge in [-0.1, -0.05) is 6.07 Å². The maximum Gasteiger partial charge on any atom is 0.191 e. The molecule has 0 spiro atoms. The summed E-state index contributed by atoms with van der Waals surface area (Å²) in [6.45, 7) is 13.2. The zero-order valence-electron chi connectivity index (χ0n) is 17.1. The van der Waals surface area contributed by atoms with Gasteiger partial charge in [0, 0.05) is 45.3 Å². The van der Waals surface area contributed by atoms with E-state index in [-0.39, 0.29) is 29.8 Å². The van der Waals surface area contributed by atoms with E-state index in [0.29, 0.717) is 6.04 Å². The molecule has 1 heterocycles. The van der Waals surface area contributed by atoms with Crippen molar-refractivity contribution in [2.24, 2.45) is 4.99 Å². The van der Waals surface area contributed by atoms with Crippen LogP contribution in [0, 0.1) is 12.7 Å². The first-order valence-corrected chi connectivity index (χ1v) is 9.69. The molecule has 1 aliphatic heterocycles. The van der Waals surface area contributed by atoms with Crippen LogP contribution in [0.2, 0.25) is 0 Å². The molecule has 0 radical (unpaired) electrons. The molecule has 1 fully saturated rings. The molecule has 1 aromatic carbocycles. The zero-order valence-corrected chi connectivity index (χ0v) is 19.4. The fourth-order valence-electron chi connectivity index (χ4n) is 3.20. The van der Waals surface area contributed by atoms with Crippen molar-refractivity contribution in [3.05, 3.63) is 35.1 Å². The van der Waals surface area contributed by atoms with Gasteiger partial charge in [0.2, 0.25) is 0 Å². The quantitative estimate of drug-likeness (QED) is 0.350. The minimum Gasteiger partial charge on any atom is -0.357 e. The van der Waals surface area contributed by atoms with Crippen LogP contribution in [-0.4, -0.2) is 74.7 Å². The third-order valence-corrected chi connectivity index (χ3v) is 5.01. The van der Waals surface area contributed by atoms with Crippen LogP contribution in [0.15, 0.2) is 23.2 Å². The molecule has 27 heavy (non-hydrogen) atoms. The molecule has 1 aromatic rings. The standard InChI is InChI=1S/C20H34FN5.HI/c1-5-22-20(23-9-8-18-6-7-19(21)14-16(18)2)24-15-17(3)26-12-10-25(4)11-13-26;/h6-7,14,17H,5,8-13,15H2,1-4H3,(H2,22,23,24);1H. The molecule has 1 unspecified atom stereocenters. The number of benzene rings is 1. The van der Waals surface area contributed by atoms with Crippen LogP contribution in [0.5, 0.6) is 0 Å². The lowest BCUT2D eigenvalue weighted by molar-refractivity contribution is 0.122. The number of guanidine groups is 1. The van der Waals surface area contributed by atoms with Crippen molar-refractivity contribution in [2.75, 3.05) is 52.9 Å². The van der Waals surface area contributed by atoms with E-state index in [1.54, 1.807) is 6.07 Å². The Labute approximate surface area is 180 Å². The Morgan fingerprint density at radius 2 is 1.93 bits per heavy atom. The van der Waals surface area contributed by atoms with Crippen LogP contribution in [-0.2, 0) is 6.42 Å². The van der Waals surface area contributed by atoms with Gasteiger partial charge in [0.05, 0.1) is 6.54 Å². The number of nitrogens with zero attached hydrogens (tertiary/aromatic N) is 3. The van der Waals surface area contributed by atoms with Crippen molar-refractivity contribution >= 4 is 29.9 Å². The molecule has 0 aliphatic carbocycles. The van der Waals surface area contributed by atoms with E-state index in [4.69, 9.17) is 4.99 Å². The summed E-state index contributed by atoms with van der Waals surface area (Å²) in [6, 6.07) is 5.43. The van der Waals surface area contributed by atoms with Gasteiger partial charge in [0.25, 0.3) is 0 Å². The topological polar surface area (TPSA) is 42.9 Å². The fourth-order valence-corrected chi connectivity index (χ4v) is 3.20. The molecule has 0 saturated carbocycles. The number of aliphatic imine (C=N–C) groups is 1. The summed E-state index contributed by atoms with van der Waals surface area (Å²) < 4.78 is 13.2. The summed E-state index contributed by atoms with van der Waals surface area (Å²) in [5.74, 6) is 0.681. The Balaban J connectivity index is 0.00000364. The molecule has 2 rings (SSSR count). The van der Waals surface area contributed by atoms with Crippen LogP contribution in [0.3, 0.4) is 0 Å². The number of likely N-dealkylation sites (N-methyl/N-ethyl adjacent to an activating group) is 1. The van der Waals surface area contributed by atoms with Crippen molar-refractivity contribution in [3.8, 4) is 0 Å². The average Bonchev–Trinajstić information content (AvgIpc) is 2.61. The first-order chi connectivity index (χ1) is 12.5. The number of nitrogens with one attached hydrogen (secondary N) is 2. The number of piperazine rings is 1. The third-order valence-electron chi connectivity index (χ3n) is 5.01. The maximum absolute atomic E-state index is 13.2. The largest absolute Gasteiger partial charge is 0.357 e. The van der Waals surface area contributed by atoms with Gasteiger partial charge < -0.3 is 15.5 Å². The highest BCUT2D eigenvalue weighted by Crippen LogP contribution is 2.10. The lowest BCUT2D eigenvalue weighted by Crippen LogP contribution is -2.49. The number of rotatable bonds is 7. The van der Waals surface area contributed by atoms with Crippen molar-refractivity contribution in [1.82, 2.24) is 20.4 Å². The summed E-state index contributed by atoms with van der Waals surface area (Å²) in [5, 5.41) is 6.70. The SMILES string of the molecule is CCNC(=NCC(C)N1CCN(C)CC1)NCCc1ccc(F)cc1C.I. The third kappa shape index (κ3) is 8.31. The zero-order chi connectivity index (χ0) is 18.9. The molecular formula is C20H35FIN5. The van der Waals surface area contributed by atoms with Crippen LogP contribution in [0.4, 0.5) is 4.39 Å². The van der Waals surface area contributed by atoms with Crippen molar-refractivity contribution in [1.29, 1.82) is 0 Å². The highest BCUT2D eigenvalue weighted by atomic mass is 127. The predicted molar refractivity (Wildman–Crippen MR) is 123 cm³/mol. The molecule has 0 amide bonds. The number of hydrogen-bond acceptors (Lipinski definition) is 3. The van der Waals surface area contributed by atoms with E-state index in [0.717, 1.165) is 63.8 Å². The Hall–Kier alpha value is -0.930. The Morgan fingerprint density at radius 1 is 1.22 bits per heavy atom. The first-order valence-electron chi connectivity index (χ1n) is 9.69. The molecule has 1 aliphatic rings.